The number of methoxy groups -OCH3 is 2. The largest absolute Gasteiger partial charge is 0.497 e. The van der Waals surface area contributed by atoms with Crippen molar-refractivity contribution in [1.29, 1.82) is 0 Å². The van der Waals surface area contributed by atoms with Crippen molar-refractivity contribution < 1.29 is 19.1 Å². The number of hydrogen-bond donors (Lipinski definition) is 2. The summed E-state index contributed by atoms with van der Waals surface area (Å²) in [7, 11) is 2.97. The lowest BCUT2D eigenvalue weighted by atomic mass is 10.1. The van der Waals surface area contributed by atoms with E-state index in [0.717, 1.165) is 17.7 Å². The fraction of sp³-hybridized carbons (Fsp3) is 0.300. The number of ether oxygens (including phenoxy) is 2. The Morgan fingerprint density at radius 1 is 1.00 bits per heavy atom. The van der Waals surface area contributed by atoms with Gasteiger partial charge in [-0.05, 0) is 36.2 Å². The average molecular weight is 356 g/mol. The minimum absolute atomic E-state index is 0.0454. The second kappa shape index (κ2) is 10.1. The first-order valence-corrected chi connectivity index (χ1v) is 8.45. The van der Waals surface area contributed by atoms with Crippen LogP contribution in [0, 0.1) is 0 Å². The number of esters is 1. The summed E-state index contributed by atoms with van der Waals surface area (Å²) in [4.78, 5) is 23.7. The van der Waals surface area contributed by atoms with Crippen LogP contribution in [0.15, 0.2) is 48.5 Å². The molecule has 2 rings (SSSR count). The summed E-state index contributed by atoms with van der Waals surface area (Å²) in [5.41, 5.74) is 2.21. The summed E-state index contributed by atoms with van der Waals surface area (Å²) >= 11 is 0. The highest BCUT2D eigenvalue weighted by atomic mass is 16.5. The van der Waals surface area contributed by atoms with Crippen molar-refractivity contribution in [2.24, 2.45) is 0 Å². The van der Waals surface area contributed by atoms with Gasteiger partial charge in [0, 0.05) is 25.2 Å². The molecule has 0 aliphatic heterocycles. The summed E-state index contributed by atoms with van der Waals surface area (Å²) in [5.74, 6) is 0.356. The van der Waals surface area contributed by atoms with Gasteiger partial charge in [-0.2, -0.15) is 0 Å². The minimum Gasteiger partial charge on any atom is -0.497 e. The van der Waals surface area contributed by atoms with Gasteiger partial charge in [0.05, 0.1) is 19.8 Å². The molecule has 0 radical (unpaired) electrons. The van der Waals surface area contributed by atoms with E-state index in [4.69, 9.17) is 9.47 Å². The third-order valence-corrected chi connectivity index (χ3v) is 3.87. The molecule has 0 heterocycles. The quantitative estimate of drug-likeness (QED) is 0.676. The van der Waals surface area contributed by atoms with Gasteiger partial charge in [-0.25, -0.2) is 4.79 Å². The SMILES string of the molecule is COC(=O)c1ccccc1NCCC(=O)NCCc1cccc(OC)c1. The molecule has 0 fully saturated rings. The van der Waals surface area contributed by atoms with E-state index >= 15 is 0 Å². The first kappa shape index (κ1) is 19.3. The maximum atomic E-state index is 12.0. The Hall–Kier alpha value is -3.02. The monoisotopic (exact) mass is 356 g/mol. The van der Waals surface area contributed by atoms with Gasteiger partial charge in [-0.3, -0.25) is 4.79 Å². The normalized spacial score (nSPS) is 10.1. The zero-order valence-corrected chi connectivity index (χ0v) is 15.1. The Kier molecular flexibility index (Phi) is 7.49. The molecule has 138 valence electrons. The molecule has 0 aliphatic carbocycles. The number of amides is 1. The highest BCUT2D eigenvalue weighted by Crippen LogP contribution is 2.16. The molecular formula is C20H24N2O4. The van der Waals surface area contributed by atoms with E-state index < -0.39 is 5.97 Å². The summed E-state index contributed by atoms with van der Waals surface area (Å²) in [6, 6.07) is 14.8. The van der Waals surface area contributed by atoms with E-state index in [9.17, 15) is 9.59 Å². The van der Waals surface area contributed by atoms with Crippen LogP contribution in [0.2, 0.25) is 0 Å². The lowest BCUT2D eigenvalue weighted by Gasteiger charge is -2.11. The molecule has 26 heavy (non-hydrogen) atoms. The van der Waals surface area contributed by atoms with E-state index in [2.05, 4.69) is 10.6 Å². The van der Waals surface area contributed by atoms with Crippen molar-refractivity contribution in [3.63, 3.8) is 0 Å². The Morgan fingerprint density at radius 3 is 2.58 bits per heavy atom. The van der Waals surface area contributed by atoms with Crippen LogP contribution >= 0.6 is 0 Å². The number of nitrogens with one attached hydrogen (secondary N) is 2. The maximum Gasteiger partial charge on any atom is 0.339 e. The number of hydrogen-bond acceptors (Lipinski definition) is 5. The third kappa shape index (κ3) is 5.81. The average Bonchev–Trinajstić information content (AvgIpc) is 2.68. The molecule has 6 nitrogen and oxygen atoms in total. The van der Waals surface area contributed by atoms with Crippen LogP contribution in [0.1, 0.15) is 22.3 Å². The van der Waals surface area contributed by atoms with Gasteiger partial charge in [-0.1, -0.05) is 24.3 Å². The van der Waals surface area contributed by atoms with E-state index in [1.54, 1.807) is 25.3 Å². The number of benzene rings is 2. The van der Waals surface area contributed by atoms with Crippen LogP contribution in [0.25, 0.3) is 0 Å². The minimum atomic E-state index is -0.407. The van der Waals surface area contributed by atoms with Crippen molar-refractivity contribution in [3.8, 4) is 5.75 Å². The molecule has 0 aliphatic rings. The molecule has 0 unspecified atom stereocenters. The summed E-state index contributed by atoms with van der Waals surface area (Å²) in [6.07, 6.45) is 1.05. The Labute approximate surface area is 153 Å². The smallest absolute Gasteiger partial charge is 0.339 e. The molecule has 1 amide bonds. The van der Waals surface area contributed by atoms with Crippen LogP contribution in [0.4, 0.5) is 5.69 Å². The van der Waals surface area contributed by atoms with Crippen molar-refractivity contribution >= 4 is 17.6 Å². The van der Waals surface area contributed by atoms with Gasteiger partial charge in [-0.15, -0.1) is 0 Å². The van der Waals surface area contributed by atoms with E-state index in [-0.39, 0.29) is 5.91 Å². The van der Waals surface area contributed by atoms with Crippen molar-refractivity contribution in [2.75, 3.05) is 32.6 Å². The molecule has 2 aromatic rings. The van der Waals surface area contributed by atoms with Crippen LogP contribution in [0.3, 0.4) is 0 Å². The fourth-order valence-electron chi connectivity index (χ4n) is 2.50. The second-order valence-electron chi connectivity index (χ2n) is 5.67. The van der Waals surface area contributed by atoms with E-state index in [0.29, 0.717) is 30.8 Å². The van der Waals surface area contributed by atoms with Gasteiger partial charge < -0.3 is 20.1 Å². The number of carbonyl (C=O) groups is 2. The molecule has 2 N–H and O–H groups in total. The first-order valence-electron chi connectivity index (χ1n) is 8.45. The van der Waals surface area contributed by atoms with Gasteiger partial charge >= 0.3 is 5.97 Å². The zero-order chi connectivity index (χ0) is 18.8. The molecule has 0 atom stereocenters. The molecule has 6 heteroatoms. The second-order valence-corrected chi connectivity index (χ2v) is 5.67. The fourth-order valence-corrected chi connectivity index (χ4v) is 2.50. The van der Waals surface area contributed by atoms with E-state index in [1.165, 1.54) is 7.11 Å². The number of rotatable bonds is 9. The summed E-state index contributed by atoms with van der Waals surface area (Å²) < 4.78 is 9.93. The van der Waals surface area contributed by atoms with Crippen molar-refractivity contribution in [1.82, 2.24) is 5.32 Å². The maximum absolute atomic E-state index is 12.0. The van der Waals surface area contributed by atoms with Gasteiger partial charge in [0.1, 0.15) is 5.75 Å². The Morgan fingerprint density at radius 2 is 1.81 bits per heavy atom. The first-order chi connectivity index (χ1) is 12.6. The predicted molar refractivity (Wildman–Crippen MR) is 101 cm³/mol. The van der Waals surface area contributed by atoms with Crippen LogP contribution in [-0.4, -0.2) is 39.2 Å². The Balaban J connectivity index is 1.73. The van der Waals surface area contributed by atoms with Gasteiger partial charge in [0.15, 0.2) is 0 Å². The molecular weight excluding hydrogens is 332 g/mol. The molecule has 0 bridgehead atoms. The molecule has 0 saturated heterocycles. The van der Waals surface area contributed by atoms with Crippen LogP contribution in [-0.2, 0) is 16.0 Å². The van der Waals surface area contributed by atoms with Crippen molar-refractivity contribution in [3.05, 3.63) is 59.7 Å². The summed E-state index contributed by atoms with van der Waals surface area (Å²) in [6.45, 7) is 0.990. The Bertz CT molecular complexity index is 746. The van der Waals surface area contributed by atoms with Crippen molar-refractivity contribution in [2.45, 2.75) is 12.8 Å². The van der Waals surface area contributed by atoms with Gasteiger partial charge in [0.2, 0.25) is 5.91 Å². The highest BCUT2D eigenvalue weighted by Gasteiger charge is 2.10. The number of carbonyl (C=O) groups excluding carboxylic acids is 2. The van der Waals surface area contributed by atoms with Crippen LogP contribution < -0.4 is 15.4 Å². The molecule has 2 aromatic carbocycles. The van der Waals surface area contributed by atoms with E-state index in [1.807, 2.05) is 30.3 Å². The molecule has 0 spiro atoms. The number of anilines is 1. The van der Waals surface area contributed by atoms with Crippen LogP contribution in [0.5, 0.6) is 5.75 Å². The zero-order valence-electron chi connectivity index (χ0n) is 15.1. The molecule has 0 saturated carbocycles. The highest BCUT2D eigenvalue weighted by molar-refractivity contribution is 5.95. The standard InChI is InChI=1S/C20H24N2O4/c1-25-16-7-5-6-15(14-16)10-12-22-19(23)11-13-21-18-9-4-3-8-17(18)20(24)26-2/h3-9,14,21H,10-13H2,1-2H3,(H,22,23). The lowest BCUT2D eigenvalue weighted by molar-refractivity contribution is -0.120. The predicted octanol–water partition coefficient (Wildman–Crippen LogP) is 2.64. The summed E-state index contributed by atoms with van der Waals surface area (Å²) in [5, 5.41) is 6.00. The lowest BCUT2D eigenvalue weighted by Crippen LogP contribution is -2.27. The molecule has 0 aromatic heterocycles. The third-order valence-electron chi connectivity index (χ3n) is 3.87. The topological polar surface area (TPSA) is 76.7 Å². The number of para-hydroxylation sites is 1. The van der Waals surface area contributed by atoms with Gasteiger partial charge in [0.25, 0.3) is 0 Å².